The Morgan fingerprint density at radius 3 is 2.67 bits per heavy atom. The highest BCUT2D eigenvalue weighted by atomic mass is 16.5. The Balaban J connectivity index is 1.43. The summed E-state index contributed by atoms with van der Waals surface area (Å²) in [4.78, 5) is 20.9. The lowest BCUT2D eigenvalue weighted by Crippen LogP contribution is -2.49. The second-order valence-corrected chi connectivity index (χ2v) is 6.08. The smallest absolute Gasteiger partial charge is 0.260 e. The van der Waals surface area contributed by atoms with Gasteiger partial charge in [0, 0.05) is 38.9 Å². The molecule has 0 aliphatic carbocycles. The largest absolute Gasteiger partial charge is 0.484 e. The molecule has 0 saturated carbocycles. The van der Waals surface area contributed by atoms with Crippen LogP contribution in [0, 0.1) is 6.92 Å². The number of piperazine rings is 1. The standard InChI is InChI=1S/C19H23N3O2/c1-16-5-4-7-18(13-16)24-15-19(23)22-11-9-21(10-12-22)14-17-6-2-3-8-20-17/h2-8,13H,9-12,14-15H2,1H3. The normalized spacial score (nSPS) is 15.3. The first-order valence-corrected chi connectivity index (χ1v) is 8.30. The van der Waals surface area contributed by atoms with E-state index in [4.69, 9.17) is 4.74 Å². The van der Waals surface area contributed by atoms with E-state index in [0.717, 1.165) is 49.7 Å². The van der Waals surface area contributed by atoms with Crippen LogP contribution in [0.3, 0.4) is 0 Å². The second kappa shape index (κ2) is 7.93. The van der Waals surface area contributed by atoms with Crippen LogP contribution in [-0.2, 0) is 11.3 Å². The molecule has 3 rings (SSSR count). The minimum Gasteiger partial charge on any atom is -0.484 e. The molecule has 0 bridgehead atoms. The number of hydrogen-bond donors (Lipinski definition) is 0. The van der Waals surface area contributed by atoms with E-state index >= 15 is 0 Å². The predicted molar refractivity (Wildman–Crippen MR) is 92.8 cm³/mol. The van der Waals surface area contributed by atoms with Crippen LogP contribution >= 0.6 is 0 Å². The number of pyridine rings is 1. The summed E-state index contributed by atoms with van der Waals surface area (Å²) in [6.07, 6.45) is 1.82. The Hall–Kier alpha value is -2.40. The number of amides is 1. The molecule has 24 heavy (non-hydrogen) atoms. The molecule has 5 heteroatoms. The van der Waals surface area contributed by atoms with Gasteiger partial charge in [-0.05, 0) is 36.8 Å². The second-order valence-electron chi connectivity index (χ2n) is 6.08. The molecule has 2 aromatic rings. The van der Waals surface area contributed by atoms with Gasteiger partial charge >= 0.3 is 0 Å². The summed E-state index contributed by atoms with van der Waals surface area (Å²) in [6, 6.07) is 13.7. The highest BCUT2D eigenvalue weighted by molar-refractivity contribution is 5.77. The summed E-state index contributed by atoms with van der Waals surface area (Å²) >= 11 is 0. The van der Waals surface area contributed by atoms with Crippen LogP contribution in [0.2, 0.25) is 0 Å². The molecular formula is C19H23N3O2. The maximum atomic E-state index is 12.3. The zero-order chi connectivity index (χ0) is 16.8. The molecule has 1 aromatic carbocycles. The molecule has 0 radical (unpaired) electrons. The molecule has 1 aliphatic rings. The summed E-state index contributed by atoms with van der Waals surface area (Å²) in [5.41, 5.74) is 2.20. The maximum absolute atomic E-state index is 12.3. The fraction of sp³-hybridized carbons (Fsp3) is 0.368. The summed E-state index contributed by atoms with van der Waals surface area (Å²) < 4.78 is 5.61. The molecule has 0 unspecified atom stereocenters. The van der Waals surface area contributed by atoms with Crippen LogP contribution in [0.4, 0.5) is 0 Å². The molecular weight excluding hydrogens is 302 g/mol. The molecule has 2 heterocycles. The van der Waals surface area contributed by atoms with Gasteiger partial charge in [0.1, 0.15) is 5.75 Å². The number of aromatic nitrogens is 1. The van der Waals surface area contributed by atoms with Crippen LogP contribution < -0.4 is 4.74 Å². The molecule has 126 valence electrons. The van der Waals surface area contributed by atoms with Gasteiger partial charge in [0.15, 0.2) is 6.61 Å². The first-order valence-electron chi connectivity index (χ1n) is 8.30. The van der Waals surface area contributed by atoms with E-state index in [0.29, 0.717) is 0 Å². The molecule has 0 spiro atoms. The lowest BCUT2D eigenvalue weighted by atomic mass is 10.2. The van der Waals surface area contributed by atoms with Crippen molar-refractivity contribution in [2.24, 2.45) is 0 Å². The number of aryl methyl sites for hydroxylation is 1. The van der Waals surface area contributed by atoms with Crippen molar-refractivity contribution >= 4 is 5.91 Å². The van der Waals surface area contributed by atoms with E-state index in [9.17, 15) is 4.79 Å². The highest BCUT2D eigenvalue weighted by Gasteiger charge is 2.21. The number of carbonyl (C=O) groups excluding carboxylic acids is 1. The first-order chi connectivity index (χ1) is 11.7. The molecule has 0 atom stereocenters. The van der Waals surface area contributed by atoms with E-state index in [2.05, 4.69) is 9.88 Å². The monoisotopic (exact) mass is 325 g/mol. The zero-order valence-electron chi connectivity index (χ0n) is 14.0. The first kappa shape index (κ1) is 16.5. The van der Waals surface area contributed by atoms with Crippen LogP contribution in [0.1, 0.15) is 11.3 Å². The van der Waals surface area contributed by atoms with Crippen molar-refractivity contribution in [3.05, 3.63) is 59.9 Å². The minimum absolute atomic E-state index is 0.0500. The van der Waals surface area contributed by atoms with Crippen LogP contribution in [0.5, 0.6) is 5.75 Å². The third-order valence-electron chi connectivity index (χ3n) is 4.19. The number of rotatable bonds is 5. The molecule has 1 fully saturated rings. The van der Waals surface area contributed by atoms with Gasteiger partial charge in [-0.15, -0.1) is 0 Å². The number of hydrogen-bond acceptors (Lipinski definition) is 4. The van der Waals surface area contributed by atoms with Gasteiger partial charge in [0.05, 0.1) is 5.69 Å². The van der Waals surface area contributed by atoms with E-state index in [1.54, 1.807) is 0 Å². The van der Waals surface area contributed by atoms with Crippen molar-refractivity contribution in [3.63, 3.8) is 0 Å². The van der Waals surface area contributed by atoms with E-state index < -0.39 is 0 Å². The number of ether oxygens (including phenoxy) is 1. The lowest BCUT2D eigenvalue weighted by molar-refractivity contribution is -0.135. The molecule has 1 amide bonds. The zero-order valence-corrected chi connectivity index (χ0v) is 14.0. The van der Waals surface area contributed by atoms with E-state index in [1.165, 1.54) is 0 Å². The summed E-state index contributed by atoms with van der Waals surface area (Å²) in [5, 5.41) is 0. The molecule has 1 aromatic heterocycles. The van der Waals surface area contributed by atoms with Crippen molar-refractivity contribution < 1.29 is 9.53 Å². The molecule has 0 N–H and O–H groups in total. The third kappa shape index (κ3) is 4.55. The minimum atomic E-state index is 0.0500. The molecule has 1 aliphatic heterocycles. The summed E-state index contributed by atoms with van der Waals surface area (Å²) in [5.74, 6) is 0.797. The molecule has 5 nitrogen and oxygen atoms in total. The van der Waals surface area contributed by atoms with Crippen LogP contribution in [0.25, 0.3) is 0 Å². The predicted octanol–water partition coefficient (Wildman–Crippen LogP) is 2.11. The Morgan fingerprint density at radius 2 is 1.96 bits per heavy atom. The van der Waals surface area contributed by atoms with Gasteiger partial charge in [-0.2, -0.15) is 0 Å². The Labute approximate surface area is 142 Å². The fourth-order valence-electron chi connectivity index (χ4n) is 2.82. The van der Waals surface area contributed by atoms with Gasteiger partial charge < -0.3 is 9.64 Å². The van der Waals surface area contributed by atoms with E-state index in [1.807, 2.05) is 60.5 Å². The quantitative estimate of drug-likeness (QED) is 0.845. The van der Waals surface area contributed by atoms with Gasteiger partial charge in [-0.1, -0.05) is 18.2 Å². The third-order valence-corrected chi connectivity index (χ3v) is 4.19. The maximum Gasteiger partial charge on any atom is 0.260 e. The summed E-state index contributed by atoms with van der Waals surface area (Å²) in [6.45, 7) is 6.16. The van der Waals surface area contributed by atoms with Crippen molar-refractivity contribution in [2.45, 2.75) is 13.5 Å². The van der Waals surface area contributed by atoms with Crippen molar-refractivity contribution in [3.8, 4) is 5.75 Å². The number of carbonyl (C=O) groups is 1. The van der Waals surface area contributed by atoms with Gasteiger partial charge in [0.25, 0.3) is 5.91 Å². The summed E-state index contributed by atoms with van der Waals surface area (Å²) in [7, 11) is 0. The average molecular weight is 325 g/mol. The van der Waals surface area contributed by atoms with Gasteiger partial charge in [-0.3, -0.25) is 14.7 Å². The Bertz CT molecular complexity index is 667. The van der Waals surface area contributed by atoms with E-state index in [-0.39, 0.29) is 12.5 Å². The SMILES string of the molecule is Cc1cccc(OCC(=O)N2CCN(Cc3ccccn3)CC2)c1. The fourth-order valence-corrected chi connectivity index (χ4v) is 2.82. The van der Waals surface area contributed by atoms with Crippen molar-refractivity contribution in [1.82, 2.24) is 14.8 Å². The lowest BCUT2D eigenvalue weighted by Gasteiger charge is -2.34. The average Bonchev–Trinajstić information content (AvgIpc) is 2.61. The number of benzene rings is 1. The number of nitrogens with zero attached hydrogens (tertiary/aromatic N) is 3. The van der Waals surface area contributed by atoms with Crippen LogP contribution in [-0.4, -0.2) is 53.5 Å². The highest BCUT2D eigenvalue weighted by Crippen LogP contribution is 2.13. The van der Waals surface area contributed by atoms with Gasteiger partial charge in [0.2, 0.25) is 0 Å². The Morgan fingerprint density at radius 1 is 1.12 bits per heavy atom. The topological polar surface area (TPSA) is 45.7 Å². The van der Waals surface area contributed by atoms with Gasteiger partial charge in [-0.25, -0.2) is 0 Å². The van der Waals surface area contributed by atoms with Crippen LogP contribution in [0.15, 0.2) is 48.7 Å². The molecule has 1 saturated heterocycles. The van der Waals surface area contributed by atoms with Crippen molar-refractivity contribution in [1.29, 1.82) is 0 Å². The Kier molecular flexibility index (Phi) is 5.43. The van der Waals surface area contributed by atoms with Crippen molar-refractivity contribution in [2.75, 3.05) is 32.8 Å².